The Morgan fingerprint density at radius 1 is 0.667 bits per heavy atom. The zero-order chi connectivity index (χ0) is 27.1. The van der Waals surface area contributed by atoms with E-state index in [1.54, 1.807) is 14.2 Å². The van der Waals surface area contributed by atoms with Gasteiger partial charge >= 0.3 is 0 Å². The van der Waals surface area contributed by atoms with Gasteiger partial charge in [0.2, 0.25) is 5.52 Å². The molecule has 1 heterocycles. The van der Waals surface area contributed by atoms with Crippen LogP contribution in [0.1, 0.15) is 22.4 Å². The molecule has 0 aliphatic heterocycles. The first-order valence-corrected chi connectivity index (χ1v) is 13.2. The Morgan fingerprint density at radius 2 is 1.31 bits per heavy atom. The highest BCUT2D eigenvalue weighted by atomic mass is 16.5. The summed E-state index contributed by atoms with van der Waals surface area (Å²) < 4.78 is 14.2. The van der Waals surface area contributed by atoms with Gasteiger partial charge in [-0.1, -0.05) is 54.6 Å². The molecule has 5 heteroatoms. The molecule has 0 atom stereocenters. The highest BCUT2D eigenvalue weighted by molar-refractivity contribution is 5.90. The lowest BCUT2D eigenvalue weighted by molar-refractivity contribution is -0.652. The van der Waals surface area contributed by atoms with Crippen LogP contribution in [0.4, 0.5) is 0 Å². The van der Waals surface area contributed by atoms with Gasteiger partial charge in [0, 0.05) is 29.0 Å². The SMILES string of the molecule is COc1c(-c2ccc(-c3ccccc3)cc2)cc2c(c1OC)CCc1c-2cc2cc(CO)c(CO)cc2[n+]1C. The molecule has 0 saturated heterocycles. The predicted molar refractivity (Wildman–Crippen MR) is 154 cm³/mol. The Kier molecular flexibility index (Phi) is 6.55. The molecule has 1 aliphatic carbocycles. The van der Waals surface area contributed by atoms with Crippen molar-refractivity contribution in [1.82, 2.24) is 0 Å². The number of rotatable bonds is 6. The molecule has 0 radical (unpaired) electrons. The van der Waals surface area contributed by atoms with E-state index < -0.39 is 0 Å². The van der Waals surface area contributed by atoms with E-state index in [0.29, 0.717) is 0 Å². The number of hydrogen-bond donors (Lipinski definition) is 2. The van der Waals surface area contributed by atoms with Gasteiger partial charge in [-0.15, -0.1) is 0 Å². The fraction of sp³-hybridized carbons (Fsp3) is 0.206. The van der Waals surface area contributed by atoms with Crippen molar-refractivity contribution in [2.45, 2.75) is 26.1 Å². The molecule has 1 aliphatic rings. The van der Waals surface area contributed by atoms with Crippen molar-refractivity contribution in [3.05, 3.63) is 101 Å². The van der Waals surface area contributed by atoms with Gasteiger partial charge in [-0.2, -0.15) is 4.57 Å². The monoisotopic (exact) mass is 518 g/mol. The van der Waals surface area contributed by atoms with Crippen molar-refractivity contribution in [3.8, 4) is 44.9 Å². The van der Waals surface area contributed by atoms with Crippen LogP contribution >= 0.6 is 0 Å². The minimum absolute atomic E-state index is 0.102. The first-order chi connectivity index (χ1) is 19.1. The standard InChI is InChI=1S/C34H32NO4/c1-35-31-14-13-27-29(30(31)16-24-15-25(19-36)26(20-37)17-32(24)35)18-28(34(39-3)33(27)38-2)23-11-9-22(10-12-23)21-7-5-4-6-8-21/h4-12,15-18,36-37H,13-14,19-20H2,1-3H3/q+1. The summed E-state index contributed by atoms with van der Waals surface area (Å²) in [5, 5.41) is 20.8. The summed E-state index contributed by atoms with van der Waals surface area (Å²) in [5.41, 5.74) is 11.6. The molecule has 5 aromatic rings. The fourth-order valence-electron chi connectivity index (χ4n) is 6.01. The Balaban J connectivity index is 1.56. The zero-order valence-electron chi connectivity index (χ0n) is 22.5. The van der Waals surface area contributed by atoms with E-state index in [2.05, 4.69) is 72.3 Å². The van der Waals surface area contributed by atoms with Crippen LogP contribution in [-0.4, -0.2) is 24.4 Å². The average Bonchev–Trinajstić information content (AvgIpc) is 2.99. The molecule has 0 amide bonds. The van der Waals surface area contributed by atoms with Crippen LogP contribution in [0.3, 0.4) is 0 Å². The molecule has 0 saturated carbocycles. The maximum absolute atomic E-state index is 9.91. The van der Waals surface area contributed by atoms with Crippen LogP contribution in [0, 0.1) is 0 Å². The van der Waals surface area contributed by atoms with E-state index in [-0.39, 0.29) is 13.2 Å². The summed E-state index contributed by atoms with van der Waals surface area (Å²) in [6, 6.07) is 27.3. The summed E-state index contributed by atoms with van der Waals surface area (Å²) in [5.74, 6) is 1.52. The number of pyridine rings is 1. The topological polar surface area (TPSA) is 62.8 Å². The molecule has 0 spiro atoms. The minimum Gasteiger partial charge on any atom is -0.493 e. The molecule has 39 heavy (non-hydrogen) atoms. The van der Waals surface area contributed by atoms with Gasteiger partial charge in [0.1, 0.15) is 7.05 Å². The third-order valence-corrected chi connectivity index (χ3v) is 8.02. The van der Waals surface area contributed by atoms with Crippen molar-refractivity contribution in [1.29, 1.82) is 0 Å². The number of aromatic nitrogens is 1. The third-order valence-electron chi connectivity index (χ3n) is 8.02. The minimum atomic E-state index is -0.114. The first kappa shape index (κ1) is 25.1. The second kappa shape index (κ2) is 10.2. The van der Waals surface area contributed by atoms with Crippen molar-refractivity contribution in [2.75, 3.05) is 14.2 Å². The molecule has 4 aromatic carbocycles. The van der Waals surface area contributed by atoms with Gasteiger partial charge in [-0.25, -0.2) is 0 Å². The number of aliphatic hydroxyl groups excluding tert-OH is 2. The summed E-state index contributed by atoms with van der Waals surface area (Å²) in [6.45, 7) is -0.216. The summed E-state index contributed by atoms with van der Waals surface area (Å²) >= 11 is 0. The van der Waals surface area contributed by atoms with Gasteiger partial charge in [-0.05, 0) is 58.0 Å². The number of aryl methyl sites for hydroxylation is 1. The lowest BCUT2D eigenvalue weighted by Gasteiger charge is -2.24. The molecule has 5 nitrogen and oxygen atoms in total. The van der Waals surface area contributed by atoms with Crippen LogP contribution < -0.4 is 14.0 Å². The second-order valence-electron chi connectivity index (χ2n) is 10.0. The number of benzene rings is 4. The number of nitrogens with zero attached hydrogens (tertiary/aromatic N) is 1. The maximum atomic E-state index is 9.91. The molecule has 1 aromatic heterocycles. The number of ether oxygens (including phenoxy) is 2. The van der Waals surface area contributed by atoms with Crippen molar-refractivity contribution in [3.63, 3.8) is 0 Å². The highest BCUT2D eigenvalue weighted by Crippen LogP contribution is 2.48. The highest BCUT2D eigenvalue weighted by Gasteiger charge is 2.31. The van der Waals surface area contributed by atoms with E-state index >= 15 is 0 Å². The van der Waals surface area contributed by atoms with Crippen LogP contribution in [0.2, 0.25) is 0 Å². The smallest absolute Gasteiger partial charge is 0.212 e. The van der Waals surface area contributed by atoms with Crippen LogP contribution in [-0.2, 0) is 33.1 Å². The Labute approximate surface area is 228 Å². The molecule has 0 fully saturated rings. The van der Waals surface area contributed by atoms with E-state index in [1.165, 1.54) is 11.3 Å². The van der Waals surface area contributed by atoms with Crippen molar-refractivity contribution < 1.29 is 24.3 Å². The number of hydrogen-bond acceptors (Lipinski definition) is 4. The van der Waals surface area contributed by atoms with Gasteiger partial charge in [0.15, 0.2) is 17.2 Å². The average molecular weight is 519 g/mol. The quantitative estimate of drug-likeness (QED) is 0.280. The fourth-order valence-corrected chi connectivity index (χ4v) is 6.01. The van der Waals surface area contributed by atoms with Gasteiger partial charge in [0.05, 0.1) is 33.0 Å². The molecular formula is C34H32NO4+. The largest absolute Gasteiger partial charge is 0.493 e. The lowest BCUT2D eigenvalue weighted by Crippen LogP contribution is -2.37. The normalized spacial score (nSPS) is 12.2. The van der Waals surface area contributed by atoms with E-state index in [1.807, 2.05) is 18.2 Å². The Bertz CT molecular complexity index is 1690. The van der Waals surface area contributed by atoms with E-state index in [4.69, 9.17) is 9.47 Å². The zero-order valence-corrected chi connectivity index (χ0v) is 22.5. The lowest BCUT2D eigenvalue weighted by atomic mass is 9.84. The summed E-state index contributed by atoms with van der Waals surface area (Å²) in [4.78, 5) is 0. The first-order valence-electron chi connectivity index (χ1n) is 13.2. The van der Waals surface area contributed by atoms with Crippen LogP contribution in [0.5, 0.6) is 11.5 Å². The van der Waals surface area contributed by atoms with Crippen molar-refractivity contribution >= 4 is 10.9 Å². The van der Waals surface area contributed by atoms with Crippen LogP contribution in [0.25, 0.3) is 44.3 Å². The maximum Gasteiger partial charge on any atom is 0.212 e. The molecule has 6 rings (SSSR count). The van der Waals surface area contributed by atoms with E-state index in [0.717, 1.165) is 79.8 Å². The molecule has 196 valence electrons. The summed E-state index contributed by atoms with van der Waals surface area (Å²) in [7, 11) is 5.49. The molecule has 0 unspecified atom stereocenters. The Morgan fingerprint density at radius 3 is 1.97 bits per heavy atom. The Hall–Kier alpha value is -4.19. The second-order valence-corrected chi connectivity index (χ2v) is 10.0. The molecule has 2 N–H and O–H groups in total. The third kappa shape index (κ3) is 4.15. The van der Waals surface area contributed by atoms with Crippen molar-refractivity contribution in [2.24, 2.45) is 7.05 Å². The molecule has 0 bridgehead atoms. The van der Waals surface area contributed by atoms with Crippen LogP contribution in [0.15, 0.2) is 78.9 Å². The van der Waals surface area contributed by atoms with E-state index in [9.17, 15) is 10.2 Å². The predicted octanol–water partition coefficient (Wildman–Crippen LogP) is 5.77. The number of methoxy groups -OCH3 is 2. The van der Waals surface area contributed by atoms with Gasteiger partial charge in [0.25, 0.3) is 0 Å². The van der Waals surface area contributed by atoms with Gasteiger partial charge in [-0.3, -0.25) is 0 Å². The summed E-state index contributed by atoms with van der Waals surface area (Å²) in [6.07, 6.45) is 1.69. The van der Waals surface area contributed by atoms with Gasteiger partial charge < -0.3 is 19.7 Å². The molecular weight excluding hydrogens is 486 g/mol. The number of aliphatic hydroxyl groups is 2. The number of fused-ring (bicyclic) bond motifs is 4.